The molecule has 0 unspecified atom stereocenters. The van der Waals surface area contributed by atoms with Gasteiger partial charge in [-0.15, -0.1) is 0 Å². The molecule has 1 amide bonds. The number of unbranched alkanes of at least 4 members (excludes halogenated alkanes) is 1. The number of hydrogen-bond acceptors (Lipinski definition) is 3. The lowest BCUT2D eigenvalue weighted by Crippen LogP contribution is -2.40. The molecular weight excluding hydrogens is 512 g/mol. The minimum Gasteiger partial charge on any atom is -0.481 e. The number of benzene rings is 3. The summed E-state index contributed by atoms with van der Waals surface area (Å²) in [6, 6.07) is 26.0. The molecule has 0 radical (unpaired) electrons. The fraction of sp³-hybridized carbons (Fsp3) is 0.286. The second-order valence-corrected chi connectivity index (χ2v) is 10.7. The van der Waals surface area contributed by atoms with E-state index in [2.05, 4.69) is 5.32 Å². The van der Waals surface area contributed by atoms with E-state index in [9.17, 15) is 19.5 Å². The highest BCUT2D eigenvalue weighted by Crippen LogP contribution is 2.25. The van der Waals surface area contributed by atoms with Gasteiger partial charge in [0.2, 0.25) is 5.91 Å². The molecule has 1 heterocycles. The van der Waals surface area contributed by atoms with Gasteiger partial charge in [-0.05, 0) is 54.2 Å². The Morgan fingerprint density at radius 1 is 0.878 bits per heavy atom. The molecule has 6 nitrogen and oxygen atoms in total. The Morgan fingerprint density at radius 3 is 2.12 bits per heavy atom. The minimum atomic E-state index is -1.01. The highest BCUT2D eigenvalue weighted by molar-refractivity contribution is 5.81. The van der Waals surface area contributed by atoms with Crippen molar-refractivity contribution in [3.63, 3.8) is 0 Å². The number of aryl methyl sites for hydroxylation is 2. The van der Waals surface area contributed by atoms with Crippen molar-refractivity contribution in [2.24, 2.45) is 0 Å². The summed E-state index contributed by atoms with van der Waals surface area (Å²) >= 11 is 0. The third-order valence-electron chi connectivity index (χ3n) is 7.35. The third-order valence-corrected chi connectivity index (χ3v) is 7.35. The molecular formula is C35H38N2O4. The maximum Gasteiger partial charge on any atom is 0.305 e. The number of nitrogens with one attached hydrogen (secondary N) is 1. The number of carboxylic acids is 1. The molecule has 4 aromatic rings. The average Bonchev–Trinajstić information content (AvgIpc) is 2.96. The van der Waals surface area contributed by atoms with Gasteiger partial charge in [0.15, 0.2) is 0 Å². The first-order valence-corrected chi connectivity index (χ1v) is 14.2. The van der Waals surface area contributed by atoms with E-state index in [1.54, 1.807) is 6.20 Å². The van der Waals surface area contributed by atoms with E-state index in [0.29, 0.717) is 24.0 Å². The van der Waals surface area contributed by atoms with Gasteiger partial charge in [0.1, 0.15) is 6.04 Å². The fourth-order valence-corrected chi connectivity index (χ4v) is 5.13. The van der Waals surface area contributed by atoms with Gasteiger partial charge in [0, 0.05) is 18.2 Å². The van der Waals surface area contributed by atoms with Crippen LogP contribution in [0.25, 0.3) is 11.1 Å². The Kier molecular flexibility index (Phi) is 9.91. The molecule has 212 valence electrons. The molecule has 6 heteroatoms. The summed E-state index contributed by atoms with van der Waals surface area (Å²) in [5.74, 6) is -1.37. The van der Waals surface area contributed by atoms with Crippen LogP contribution >= 0.6 is 0 Å². The molecule has 2 atom stereocenters. The van der Waals surface area contributed by atoms with E-state index in [1.165, 1.54) is 10.1 Å². The monoisotopic (exact) mass is 550 g/mol. The first-order chi connectivity index (χ1) is 19.7. The molecule has 1 aromatic heterocycles. The summed E-state index contributed by atoms with van der Waals surface area (Å²) in [4.78, 5) is 39.3. The molecule has 41 heavy (non-hydrogen) atoms. The number of hydrogen-bond donors (Lipinski definition) is 2. The van der Waals surface area contributed by atoms with Gasteiger partial charge in [-0.1, -0.05) is 104 Å². The molecule has 0 saturated heterocycles. The van der Waals surface area contributed by atoms with Crippen LogP contribution < -0.4 is 10.9 Å². The Hall–Kier alpha value is -4.45. The summed E-state index contributed by atoms with van der Waals surface area (Å²) in [5, 5.41) is 12.6. The molecule has 0 fully saturated rings. The largest absolute Gasteiger partial charge is 0.481 e. The number of carbonyl (C=O) groups is 2. The highest BCUT2D eigenvalue weighted by atomic mass is 16.4. The van der Waals surface area contributed by atoms with Crippen molar-refractivity contribution in [2.45, 2.75) is 65.0 Å². The zero-order valence-electron chi connectivity index (χ0n) is 24.0. The zero-order chi connectivity index (χ0) is 29.4. The van der Waals surface area contributed by atoms with Crippen molar-refractivity contribution in [1.29, 1.82) is 0 Å². The summed E-state index contributed by atoms with van der Waals surface area (Å²) in [5.41, 5.74) is 6.27. The van der Waals surface area contributed by atoms with E-state index < -0.39 is 18.1 Å². The number of rotatable bonds is 12. The SMILES string of the molecule is CCCC[C@@H](C(=O)N[C@@H](CC(=O)O)c1ccc(-c2ccc(C)cc2)cc1)n1cc(C)cc(Cc2ccccc2)c1=O. The van der Waals surface area contributed by atoms with Gasteiger partial charge in [-0.3, -0.25) is 14.4 Å². The lowest BCUT2D eigenvalue weighted by Gasteiger charge is -2.25. The maximum atomic E-state index is 13.8. The van der Waals surface area contributed by atoms with Crippen molar-refractivity contribution < 1.29 is 14.7 Å². The highest BCUT2D eigenvalue weighted by Gasteiger charge is 2.26. The van der Waals surface area contributed by atoms with Crippen LogP contribution in [-0.4, -0.2) is 21.6 Å². The van der Waals surface area contributed by atoms with Gasteiger partial charge < -0.3 is 15.0 Å². The van der Waals surface area contributed by atoms with Crippen molar-refractivity contribution in [2.75, 3.05) is 0 Å². The second-order valence-electron chi connectivity index (χ2n) is 10.7. The second kappa shape index (κ2) is 13.8. The van der Waals surface area contributed by atoms with Crippen LogP contribution in [0.3, 0.4) is 0 Å². The van der Waals surface area contributed by atoms with Crippen LogP contribution in [0.4, 0.5) is 0 Å². The summed E-state index contributed by atoms with van der Waals surface area (Å²) in [6.45, 7) is 5.99. The van der Waals surface area contributed by atoms with Crippen molar-refractivity contribution in [3.05, 3.63) is 129 Å². The zero-order valence-corrected chi connectivity index (χ0v) is 24.0. The van der Waals surface area contributed by atoms with E-state index in [4.69, 9.17) is 0 Å². The number of aliphatic carboxylic acids is 1. The Balaban J connectivity index is 1.62. The van der Waals surface area contributed by atoms with Crippen LogP contribution in [0.2, 0.25) is 0 Å². The number of carbonyl (C=O) groups excluding carboxylic acids is 1. The predicted molar refractivity (Wildman–Crippen MR) is 163 cm³/mol. The van der Waals surface area contributed by atoms with Gasteiger partial charge in [-0.25, -0.2) is 0 Å². The van der Waals surface area contributed by atoms with Crippen LogP contribution in [0.15, 0.2) is 95.9 Å². The summed E-state index contributed by atoms with van der Waals surface area (Å²) in [6.07, 6.45) is 4.03. The molecule has 4 rings (SSSR count). The van der Waals surface area contributed by atoms with Crippen LogP contribution in [0, 0.1) is 13.8 Å². The Bertz CT molecular complexity index is 1520. The first kappa shape index (κ1) is 29.5. The van der Waals surface area contributed by atoms with Crippen LogP contribution in [-0.2, 0) is 16.0 Å². The van der Waals surface area contributed by atoms with Crippen molar-refractivity contribution in [1.82, 2.24) is 9.88 Å². The topological polar surface area (TPSA) is 88.4 Å². The first-order valence-electron chi connectivity index (χ1n) is 14.2. The standard InChI is InChI=1S/C35H38N2O4/c1-4-5-11-32(37-23-25(3)20-30(35(37)41)21-26-9-7-6-8-10-26)34(40)36-31(22-33(38)39)29-18-16-28(17-19-29)27-14-12-24(2)13-15-27/h6-10,12-20,23,31-32H,4-5,11,21-22H2,1-3H3,(H,36,40)(H,38,39)/t31-,32-/m0/s1. The lowest BCUT2D eigenvalue weighted by atomic mass is 9.98. The van der Waals surface area contributed by atoms with Crippen molar-refractivity contribution in [3.8, 4) is 11.1 Å². The molecule has 0 saturated carbocycles. The van der Waals surface area contributed by atoms with E-state index in [1.807, 2.05) is 106 Å². The number of amides is 1. The van der Waals surface area contributed by atoms with Gasteiger partial charge in [0.25, 0.3) is 5.56 Å². The van der Waals surface area contributed by atoms with E-state index in [-0.39, 0.29) is 17.9 Å². The maximum absolute atomic E-state index is 13.8. The van der Waals surface area contributed by atoms with E-state index >= 15 is 0 Å². The fourth-order valence-electron chi connectivity index (χ4n) is 5.13. The number of nitrogens with zero attached hydrogens (tertiary/aromatic N) is 1. The van der Waals surface area contributed by atoms with E-state index in [0.717, 1.165) is 35.1 Å². The molecule has 0 aliphatic heterocycles. The molecule has 0 spiro atoms. The number of aromatic nitrogens is 1. The molecule has 2 N–H and O–H groups in total. The quantitative estimate of drug-likeness (QED) is 0.203. The molecule has 0 aliphatic rings. The summed E-state index contributed by atoms with van der Waals surface area (Å²) in [7, 11) is 0. The summed E-state index contributed by atoms with van der Waals surface area (Å²) < 4.78 is 1.54. The average molecular weight is 551 g/mol. The van der Waals surface area contributed by atoms with Crippen molar-refractivity contribution >= 4 is 11.9 Å². The van der Waals surface area contributed by atoms with Gasteiger partial charge >= 0.3 is 5.97 Å². The van der Waals surface area contributed by atoms with Crippen LogP contribution in [0.5, 0.6) is 0 Å². The smallest absolute Gasteiger partial charge is 0.305 e. The third kappa shape index (κ3) is 7.82. The molecule has 0 aliphatic carbocycles. The van der Waals surface area contributed by atoms with Gasteiger partial charge in [-0.2, -0.15) is 0 Å². The normalized spacial score (nSPS) is 12.5. The minimum absolute atomic E-state index is 0.201. The number of pyridine rings is 1. The number of carboxylic acid groups (broad SMARTS) is 1. The molecule has 3 aromatic carbocycles. The lowest BCUT2D eigenvalue weighted by molar-refractivity contribution is -0.137. The van der Waals surface area contributed by atoms with Gasteiger partial charge in [0.05, 0.1) is 12.5 Å². The molecule has 0 bridgehead atoms. The Morgan fingerprint density at radius 2 is 1.51 bits per heavy atom. The predicted octanol–water partition coefficient (Wildman–Crippen LogP) is 6.79. The Labute approximate surface area is 241 Å². The van der Waals surface area contributed by atoms with Crippen LogP contribution in [0.1, 0.15) is 72.5 Å².